The van der Waals surface area contributed by atoms with E-state index in [2.05, 4.69) is 15.3 Å². The zero-order valence-corrected chi connectivity index (χ0v) is 17.2. The molecule has 162 valence electrons. The number of benzene rings is 2. The molecule has 0 spiro atoms. The van der Waals surface area contributed by atoms with Gasteiger partial charge in [0.25, 0.3) is 5.91 Å². The lowest BCUT2D eigenvalue weighted by Gasteiger charge is -2.34. The normalized spacial score (nSPS) is 16.3. The number of imidazole rings is 1. The third-order valence-corrected chi connectivity index (χ3v) is 5.67. The second kappa shape index (κ2) is 8.30. The lowest BCUT2D eigenvalue weighted by Crippen LogP contribution is -2.49. The van der Waals surface area contributed by atoms with Crippen LogP contribution in [0.5, 0.6) is 0 Å². The highest BCUT2D eigenvalue weighted by Crippen LogP contribution is 2.25. The number of carbonyl (C=O) groups is 2. The molecule has 2 N–H and O–H groups in total. The number of piperidine rings is 1. The van der Waals surface area contributed by atoms with E-state index in [1.165, 1.54) is 18.4 Å². The van der Waals surface area contributed by atoms with Crippen molar-refractivity contribution in [2.24, 2.45) is 0 Å². The van der Waals surface area contributed by atoms with Crippen molar-refractivity contribution in [3.05, 3.63) is 72.4 Å². The SMILES string of the molecule is O=C(Nc1ccc2nc(-c3ccc(F)cc3)[nH]c2c1)C1CCCCN1C(=O)c1ccco1. The predicted octanol–water partition coefficient (Wildman–Crippen LogP) is 4.60. The molecule has 0 radical (unpaired) electrons. The number of fused-ring (bicyclic) bond motifs is 1. The molecular formula is C24H21FN4O3. The Hall–Kier alpha value is -3.94. The molecule has 5 rings (SSSR count). The first-order valence-electron chi connectivity index (χ1n) is 10.5. The number of carbonyl (C=O) groups excluding carboxylic acids is 2. The van der Waals surface area contributed by atoms with Crippen molar-refractivity contribution in [1.82, 2.24) is 14.9 Å². The van der Waals surface area contributed by atoms with Gasteiger partial charge in [0.2, 0.25) is 5.91 Å². The number of rotatable bonds is 4. The van der Waals surface area contributed by atoms with E-state index in [1.807, 2.05) is 0 Å². The van der Waals surface area contributed by atoms with E-state index >= 15 is 0 Å². The smallest absolute Gasteiger partial charge is 0.290 e. The summed E-state index contributed by atoms with van der Waals surface area (Å²) in [5.74, 6) is 0.0325. The van der Waals surface area contributed by atoms with Gasteiger partial charge in [-0.2, -0.15) is 0 Å². The lowest BCUT2D eigenvalue weighted by atomic mass is 10.0. The summed E-state index contributed by atoms with van der Waals surface area (Å²) in [6.45, 7) is 0.512. The second-order valence-electron chi connectivity index (χ2n) is 7.80. The number of halogens is 1. The molecule has 7 nitrogen and oxygen atoms in total. The van der Waals surface area contributed by atoms with Crippen molar-refractivity contribution < 1.29 is 18.4 Å². The summed E-state index contributed by atoms with van der Waals surface area (Å²) in [6.07, 6.45) is 3.77. The molecular weight excluding hydrogens is 411 g/mol. The molecule has 32 heavy (non-hydrogen) atoms. The van der Waals surface area contributed by atoms with Crippen molar-refractivity contribution >= 4 is 28.5 Å². The van der Waals surface area contributed by atoms with Crippen LogP contribution in [0.2, 0.25) is 0 Å². The van der Waals surface area contributed by atoms with Gasteiger partial charge in [0.15, 0.2) is 5.76 Å². The molecule has 0 aliphatic carbocycles. The Kier molecular flexibility index (Phi) is 5.18. The topological polar surface area (TPSA) is 91.2 Å². The highest BCUT2D eigenvalue weighted by Gasteiger charge is 2.33. The maximum absolute atomic E-state index is 13.2. The quantitative estimate of drug-likeness (QED) is 0.493. The summed E-state index contributed by atoms with van der Waals surface area (Å²) < 4.78 is 18.4. The van der Waals surface area contributed by atoms with Crippen LogP contribution in [0.15, 0.2) is 65.3 Å². The van der Waals surface area contributed by atoms with Gasteiger partial charge in [-0.05, 0) is 73.9 Å². The zero-order valence-electron chi connectivity index (χ0n) is 17.2. The van der Waals surface area contributed by atoms with E-state index in [0.29, 0.717) is 24.5 Å². The van der Waals surface area contributed by atoms with E-state index in [4.69, 9.17) is 4.42 Å². The Labute approximate surface area is 183 Å². The maximum atomic E-state index is 13.2. The molecule has 2 aromatic heterocycles. The maximum Gasteiger partial charge on any atom is 0.290 e. The number of nitrogens with zero attached hydrogens (tertiary/aromatic N) is 2. The van der Waals surface area contributed by atoms with E-state index in [9.17, 15) is 14.0 Å². The molecule has 0 bridgehead atoms. The minimum atomic E-state index is -0.561. The number of aromatic nitrogens is 2. The molecule has 2 aromatic carbocycles. The van der Waals surface area contributed by atoms with E-state index < -0.39 is 6.04 Å². The van der Waals surface area contributed by atoms with E-state index in [-0.39, 0.29) is 23.4 Å². The monoisotopic (exact) mass is 432 g/mol. The molecule has 1 unspecified atom stereocenters. The number of hydrogen-bond acceptors (Lipinski definition) is 4. The Morgan fingerprint density at radius 3 is 2.75 bits per heavy atom. The highest BCUT2D eigenvalue weighted by molar-refractivity contribution is 6.01. The number of H-pyrrole nitrogens is 1. The predicted molar refractivity (Wildman–Crippen MR) is 118 cm³/mol. The summed E-state index contributed by atoms with van der Waals surface area (Å²) in [5.41, 5.74) is 2.85. The van der Waals surface area contributed by atoms with Crippen molar-refractivity contribution in [2.45, 2.75) is 25.3 Å². The van der Waals surface area contributed by atoms with Crippen LogP contribution in [0.4, 0.5) is 10.1 Å². The fourth-order valence-electron chi connectivity index (χ4n) is 4.05. The van der Waals surface area contributed by atoms with Crippen LogP contribution in [-0.4, -0.2) is 39.3 Å². The van der Waals surface area contributed by atoms with Gasteiger partial charge in [-0.1, -0.05) is 0 Å². The Balaban J connectivity index is 1.35. The van der Waals surface area contributed by atoms with Gasteiger partial charge in [-0.15, -0.1) is 0 Å². The molecule has 1 saturated heterocycles. The second-order valence-corrected chi connectivity index (χ2v) is 7.80. The van der Waals surface area contributed by atoms with Gasteiger partial charge < -0.3 is 19.6 Å². The fraction of sp³-hybridized carbons (Fsp3) is 0.208. The zero-order chi connectivity index (χ0) is 22.1. The number of likely N-dealkylation sites (tertiary alicyclic amines) is 1. The number of hydrogen-bond donors (Lipinski definition) is 2. The first-order chi connectivity index (χ1) is 15.6. The third kappa shape index (κ3) is 3.87. The highest BCUT2D eigenvalue weighted by atomic mass is 19.1. The standard InChI is InChI=1S/C24H21FN4O3/c25-16-8-6-15(7-9-16)22-27-18-11-10-17(14-19(18)28-22)26-23(30)20-4-1-2-12-29(20)24(31)21-5-3-13-32-21/h3,5-11,13-14,20H,1-2,4,12H2,(H,26,30)(H,27,28). The molecule has 1 aliphatic heterocycles. The molecule has 1 aliphatic rings. The van der Waals surface area contributed by atoms with Crippen molar-refractivity contribution in [3.8, 4) is 11.4 Å². The molecule has 0 saturated carbocycles. The average molecular weight is 432 g/mol. The van der Waals surface area contributed by atoms with Gasteiger partial charge in [0, 0.05) is 17.8 Å². The molecule has 8 heteroatoms. The van der Waals surface area contributed by atoms with Crippen LogP contribution in [0, 0.1) is 5.82 Å². The Bertz CT molecular complexity index is 1260. The summed E-state index contributed by atoms with van der Waals surface area (Å²) in [5, 5.41) is 2.93. The van der Waals surface area contributed by atoms with Crippen molar-refractivity contribution in [1.29, 1.82) is 0 Å². The number of amides is 2. The van der Waals surface area contributed by atoms with Gasteiger partial charge in [0.05, 0.1) is 17.3 Å². The summed E-state index contributed by atoms with van der Waals surface area (Å²) in [6, 6.07) is 14.2. The summed E-state index contributed by atoms with van der Waals surface area (Å²) in [4.78, 5) is 35.1. The molecule has 1 atom stereocenters. The Morgan fingerprint density at radius 2 is 1.97 bits per heavy atom. The fourth-order valence-corrected chi connectivity index (χ4v) is 4.05. The third-order valence-electron chi connectivity index (χ3n) is 5.67. The van der Waals surface area contributed by atoms with Crippen LogP contribution in [-0.2, 0) is 4.79 Å². The van der Waals surface area contributed by atoms with E-state index in [1.54, 1.807) is 47.4 Å². The first kappa shape index (κ1) is 20.0. The molecule has 4 aromatic rings. The van der Waals surface area contributed by atoms with Crippen LogP contribution >= 0.6 is 0 Å². The molecule has 3 heterocycles. The van der Waals surface area contributed by atoms with Gasteiger partial charge in [0.1, 0.15) is 17.7 Å². The van der Waals surface area contributed by atoms with Gasteiger partial charge in [-0.3, -0.25) is 9.59 Å². The van der Waals surface area contributed by atoms with Crippen molar-refractivity contribution in [3.63, 3.8) is 0 Å². The Morgan fingerprint density at radius 1 is 1.12 bits per heavy atom. The van der Waals surface area contributed by atoms with Crippen molar-refractivity contribution in [2.75, 3.05) is 11.9 Å². The van der Waals surface area contributed by atoms with E-state index in [0.717, 1.165) is 29.4 Å². The minimum absolute atomic E-state index is 0.233. The first-order valence-corrected chi connectivity index (χ1v) is 10.5. The number of furan rings is 1. The number of anilines is 1. The minimum Gasteiger partial charge on any atom is -0.459 e. The van der Waals surface area contributed by atoms with Crippen LogP contribution in [0.25, 0.3) is 22.4 Å². The number of aromatic amines is 1. The molecule has 2 amide bonds. The largest absolute Gasteiger partial charge is 0.459 e. The molecule has 1 fully saturated rings. The van der Waals surface area contributed by atoms with Gasteiger partial charge in [-0.25, -0.2) is 9.37 Å². The average Bonchev–Trinajstić information content (AvgIpc) is 3.49. The summed E-state index contributed by atoms with van der Waals surface area (Å²) in [7, 11) is 0. The lowest BCUT2D eigenvalue weighted by molar-refractivity contribution is -0.121. The summed E-state index contributed by atoms with van der Waals surface area (Å²) >= 11 is 0. The van der Waals surface area contributed by atoms with Crippen LogP contribution in [0.3, 0.4) is 0 Å². The van der Waals surface area contributed by atoms with Gasteiger partial charge >= 0.3 is 0 Å². The number of nitrogens with one attached hydrogen (secondary N) is 2. The van der Waals surface area contributed by atoms with Crippen LogP contribution < -0.4 is 5.32 Å². The van der Waals surface area contributed by atoms with Crippen LogP contribution in [0.1, 0.15) is 29.8 Å².